The topological polar surface area (TPSA) is 65.1 Å². The Balaban J connectivity index is 2.19. The second-order valence-electron chi connectivity index (χ2n) is 5.76. The zero-order chi connectivity index (χ0) is 15.2. The summed E-state index contributed by atoms with van der Waals surface area (Å²) in [5.41, 5.74) is 7.00. The van der Waals surface area contributed by atoms with E-state index in [0.29, 0.717) is 12.5 Å². The van der Waals surface area contributed by atoms with E-state index in [4.69, 9.17) is 10.9 Å². The van der Waals surface area contributed by atoms with Crippen molar-refractivity contribution in [2.24, 2.45) is 10.9 Å². The molecule has 0 amide bonds. The summed E-state index contributed by atoms with van der Waals surface area (Å²) in [5.74, 6) is 0.288. The summed E-state index contributed by atoms with van der Waals surface area (Å²) in [6.45, 7) is 5.31. The summed E-state index contributed by atoms with van der Waals surface area (Å²) in [6.07, 6.45) is 1.69. The molecule has 116 valence electrons. The molecule has 5 heteroatoms. The van der Waals surface area contributed by atoms with Gasteiger partial charge in [-0.3, -0.25) is 4.90 Å². The molecule has 0 saturated carbocycles. The van der Waals surface area contributed by atoms with Gasteiger partial charge in [-0.25, -0.2) is 0 Å². The molecule has 0 aromatic heterocycles. The fourth-order valence-electron chi connectivity index (χ4n) is 3.07. The molecule has 1 saturated heterocycles. The van der Waals surface area contributed by atoms with Crippen LogP contribution in [0, 0.1) is 0 Å². The maximum Gasteiger partial charge on any atom is 0.141 e. The third-order valence-electron chi connectivity index (χ3n) is 4.44. The molecule has 0 radical (unpaired) electrons. The zero-order valence-corrected chi connectivity index (χ0v) is 12.9. The Kier molecular flexibility index (Phi) is 5.59. The first-order valence-corrected chi connectivity index (χ1v) is 7.61. The number of benzene rings is 1. The van der Waals surface area contributed by atoms with Crippen molar-refractivity contribution in [1.82, 2.24) is 9.80 Å². The monoisotopic (exact) mass is 290 g/mol. The van der Waals surface area contributed by atoms with Crippen molar-refractivity contribution in [3.05, 3.63) is 35.9 Å². The fourth-order valence-corrected chi connectivity index (χ4v) is 3.07. The molecule has 0 spiro atoms. The first-order valence-electron chi connectivity index (χ1n) is 7.61. The lowest BCUT2D eigenvalue weighted by Crippen LogP contribution is -2.52. The van der Waals surface area contributed by atoms with E-state index in [1.807, 2.05) is 18.2 Å². The average Bonchev–Trinajstić information content (AvgIpc) is 2.54. The highest BCUT2D eigenvalue weighted by Gasteiger charge is 2.29. The number of amidine groups is 1. The van der Waals surface area contributed by atoms with E-state index in [1.54, 1.807) is 0 Å². The number of oxime groups is 1. The molecule has 2 rings (SSSR count). The number of rotatable bonds is 5. The van der Waals surface area contributed by atoms with E-state index in [-0.39, 0.29) is 11.9 Å². The van der Waals surface area contributed by atoms with Gasteiger partial charge in [0.1, 0.15) is 5.84 Å². The van der Waals surface area contributed by atoms with Gasteiger partial charge in [0.25, 0.3) is 0 Å². The van der Waals surface area contributed by atoms with Gasteiger partial charge in [-0.2, -0.15) is 0 Å². The van der Waals surface area contributed by atoms with Gasteiger partial charge in [0, 0.05) is 38.1 Å². The van der Waals surface area contributed by atoms with Crippen molar-refractivity contribution in [3.8, 4) is 0 Å². The molecule has 1 aromatic carbocycles. The van der Waals surface area contributed by atoms with Crippen LogP contribution >= 0.6 is 0 Å². The van der Waals surface area contributed by atoms with Crippen LogP contribution < -0.4 is 5.73 Å². The summed E-state index contributed by atoms with van der Waals surface area (Å²) in [5, 5.41) is 12.1. The van der Waals surface area contributed by atoms with Crippen molar-refractivity contribution in [2.75, 3.05) is 26.7 Å². The van der Waals surface area contributed by atoms with Gasteiger partial charge < -0.3 is 15.8 Å². The predicted molar refractivity (Wildman–Crippen MR) is 85.5 cm³/mol. The van der Waals surface area contributed by atoms with Crippen molar-refractivity contribution in [1.29, 1.82) is 0 Å². The Morgan fingerprint density at radius 1 is 1.38 bits per heavy atom. The van der Waals surface area contributed by atoms with E-state index in [2.05, 4.69) is 41.1 Å². The molecule has 0 aliphatic carbocycles. The Morgan fingerprint density at radius 2 is 2.10 bits per heavy atom. The SMILES string of the molecule is CCC1CN(C(CC(N)=NO)c2ccccc2)CCN1C. The molecule has 2 unspecified atom stereocenters. The highest BCUT2D eigenvalue weighted by atomic mass is 16.4. The van der Waals surface area contributed by atoms with Gasteiger partial charge in [-0.15, -0.1) is 0 Å². The summed E-state index contributed by atoms with van der Waals surface area (Å²) >= 11 is 0. The predicted octanol–water partition coefficient (Wildman–Crippen LogP) is 1.89. The number of piperazine rings is 1. The molecular formula is C16H26N4O. The van der Waals surface area contributed by atoms with Crippen LogP contribution in [0.15, 0.2) is 35.5 Å². The smallest absolute Gasteiger partial charge is 0.141 e. The Labute approximate surface area is 127 Å². The number of nitrogens with two attached hydrogens (primary N) is 1. The number of hydrogen-bond donors (Lipinski definition) is 2. The van der Waals surface area contributed by atoms with Crippen molar-refractivity contribution in [3.63, 3.8) is 0 Å². The van der Waals surface area contributed by atoms with Crippen LogP contribution in [0.25, 0.3) is 0 Å². The summed E-state index contributed by atoms with van der Waals surface area (Å²) in [7, 11) is 2.19. The lowest BCUT2D eigenvalue weighted by atomic mass is 9.98. The molecule has 0 bridgehead atoms. The lowest BCUT2D eigenvalue weighted by Gasteiger charge is -2.43. The summed E-state index contributed by atoms with van der Waals surface area (Å²) < 4.78 is 0. The molecule has 1 aliphatic rings. The quantitative estimate of drug-likeness (QED) is 0.376. The second kappa shape index (κ2) is 7.43. The zero-order valence-electron chi connectivity index (χ0n) is 12.9. The first-order chi connectivity index (χ1) is 10.2. The first kappa shape index (κ1) is 15.8. The minimum atomic E-state index is 0.171. The van der Waals surface area contributed by atoms with Crippen LogP contribution in [-0.2, 0) is 0 Å². The Morgan fingerprint density at radius 3 is 2.71 bits per heavy atom. The Hall–Kier alpha value is -1.59. The molecule has 2 atom stereocenters. The molecule has 1 aromatic rings. The molecule has 5 nitrogen and oxygen atoms in total. The number of nitrogens with zero attached hydrogens (tertiary/aromatic N) is 3. The third-order valence-corrected chi connectivity index (χ3v) is 4.44. The van der Waals surface area contributed by atoms with Crippen LogP contribution in [0.2, 0.25) is 0 Å². The molecule has 21 heavy (non-hydrogen) atoms. The lowest BCUT2D eigenvalue weighted by molar-refractivity contribution is 0.0636. The largest absolute Gasteiger partial charge is 0.409 e. The van der Waals surface area contributed by atoms with Crippen molar-refractivity contribution < 1.29 is 5.21 Å². The molecule has 1 fully saturated rings. The molecule has 1 heterocycles. The van der Waals surface area contributed by atoms with Crippen LogP contribution in [0.1, 0.15) is 31.4 Å². The summed E-state index contributed by atoms with van der Waals surface area (Å²) in [4.78, 5) is 4.88. The molecule has 1 aliphatic heterocycles. The van der Waals surface area contributed by atoms with Gasteiger partial charge in [0.15, 0.2) is 0 Å². The minimum Gasteiger partial charge on any atom is -0.409 e. The maximum atomic E-state index is 8.91. The van der Waals surface area contributed by atoms with E-state index < -0.39 is 0 Å². The van der Waals surface area contributed by atoms with Gasteiger partial charge >= 0.3 is 0 Å². The third kappa shape index (κ3) is 3.95. The van der Waals surface area contributed by atoms with E-state index >= 15 is 0 Å². The van der Waals surface area contributed by atoms with Crippen LogP contribution in [-0.4, -0.2) is 53.6 Å². The van der Waals surface area contributed by atoms with E-state index in [1.165, 1.54) is 5.56 Å². The highest BCUT2D eigenvalue weighted by Crippen LogP contribution is 2.27. The summed E-state index contributed by atoms with van der Waals surface area (Å²) in [6, 6.07) is 11.1. The number of likely N-dealkylation sites (N-methyl/N-ethyl adjacent to an activating group) is 1. The standard InChI is InChI=1S/C16H26N4O/c1-3-14-12-20(10-9-19(14)2)15(11-16(17)18-21)13-7-5-4-6-8-13/h4-8,14-15,21H,3,9-12H2,1-2H3,(H2,17,18). The maximum absolute atomic E-state index is 8.91. The normalized spacial score (nSPS) is 23.1. The van der Waals surface area contributed by atoms with Gasteiger partial charge in [-0.1, -0.05) is 42.4 Å². The second-order valence-corrected chi connectivity index (χ2v) is 5.76. The van der Waals surface area contributed by atoms with E-state index in [9.17, 15) is 0 Å². The molecular weight excluding hydrogens is 264 g/mol. The van der Waals surface area contributed by atoms with Crippen LogP contribution in [0.3, 0.4) is 0 Å². The van der Waals surface area contributed by atoms with Crippen molar-refractivity contribution >= 4 is 5.84 Å². The van der Waals surface area contributed by atoms with Gasteiger partial charge in [0.05, 0.1) is 0 Å². The van der Waals surface area contributed by atoms with Gasteiger partial charge in [-0.05, 0) is 19.0 Å². The number of hydrogen-bond acceptors (Lipinski definition) is 4. The van der Waals surface area contributed by atoms with Gasteiger partial charge in [0.2, 0.25) is 0 Å². The van der Waals surface area contributed by atoms with Crippen LogP contribution in [0.4, 0.5) is 0 Å². The Bertz CT molecular complexity index is 463. The van der Waals surface area contributed by atoms with E-state index in [0.717, 1.165) is 26.1 Å². The average molecular weight is 290 g/mol. The molecule has 3 N–H and O–H groups in total. The minimum absolute atomic E-state index is 0.171. The fraction of sp³-hybridized carbons (Fsp3) is 0.562. The van der Waals surface area contributed by atoms with Crippen molar-refractivity contribution in [2.45, 2.75) is 31.8 Å². The van der Waals surface area contributed by atoms with Crippen LogP contribution in [0.5, 0.6) is 0 Å². The highest BCUT2D eigenvalue weighted by molar-refractivity contribution is 5.80.